The molecule has 2 amide bonds. The lowest BCUT2D eigenvalue weighted by Gasteiger charge is -2.37. The first-order chi connectivity index (χ1) is 17.9. The molecule has 1 aliphatic heterocycles. The summed E-state index contributed by atoms with van der Waals surface area (Å²) in [5.74, 6) is 1.73. The van der Waals surface area contributed by atoms with E-state index < -0.39 is 0 Å². The van der Waals surface area contributed by atoms with Crippen LogP contribution in [0, 0.1) is 0 Å². The topological polar surface area (TPSA) is 59.1 Å². The molecule has 0 N–H and O–H groups in total. The highest BCUT2D eigenvalue weighted by Gasteiger charge is 2.33. The number of carbonyl (C=O) groups excluding carboxylic acids is 2. The first-order valence-corrected chi connectivity index (χ1v) is 13.8. The predicted molar refractivity (Wildman–Crippen MR) is 148 cm³/mol. The Balaban J connectivity index is 1.49. The second-order valence-corrected chi connectivity index (χ2v) is 10.6. The van der Waals surface area contributed by atoms with Crippen molar-refractivity contribution in [3.05, 3.63) is 81.5 Å². The Bertz CT molecular complexity index is 1190. The van der Waals surface area contributed by atoms with E-state index in [1.165, 1.54) is 10.4 Å². The van der Waals surface area contributed by atoms with Crippen molar-refractivity contribution >= 4 is 23.2 Å². The van der Waals surface area contributed by atoms with Crippen LogP contribution in [-0.2, 0) is 11.2 Å². The fraction of sp³-hybridized carbons (Fsp3) is 0.400. The van der Waals surface area contributed by atoms with Gasteiger partial charge in [0.15, 0.2) is 0 Å². The molecule has 0 aliphatic carbocycles. The number of thiophene rings is 1. The number of hydrogen-bond donors (Lipinski definition) is 0. The summed E-state index contributed by atoms with van der Waals surface area (Å²) in [6.45, 7) is 7.88. The molecule has 0 fully saturated rings. The van der Waals surface area contributed by atoms with E-state index in [9.17, 15) is 9.59 Å². The minimum absolute atomic E-state index is 0.0394. The zero-order chi connectivity index (χ0) is 26.4. The summed E-state index contributed by atoms with van der Waals surface area (Å²) < 4.78 is 11.4. The van der Waals surface area contributed by atoms with Gasteiger partial charge >= 0.3 is 0 Å². The highest BCUT2D eigenvalue weighted by molar-refractivity contribution is 7.10. The van der Waals surface area contributed by atoms with E-state index in [2.05, 4.69) is 37.4 Å². The number of hydrogen-bond acceptors (Lipinski definition) is 5. The molecule has 196 valence electrons. The van der Waals surface area contributed by atoms with Gasteiger partial charge in [0.25, 0.3) is 5.91 Å². The van der Waals surface area contributed by atoms with Crippen LogP contribution in [0.4, 0.5) is 0 Å². The molecule has 1 aliphatic rings. The maximum atomic E-state index is 13.7. The molecule has 0 spiro atoms. The summed E-state index contributed by atoms with van der Waals surface area (Å²) in [7, 11) is 1.59. The molecule has 1 unspecified atom stereocenters. The van der Waals surface area contributed by atoms with Crippen molar-refractivity contribution in [1.82, 2.24) is 9.80 Å². The Kier molecular flexibility index (Phi) is 8.87. The van der Waals surface area contributed by atoms with Crippen molar-refractivity contribution in [1.29, 1.82) is 0 Å². The van der Waals surface area contributed by atoms with E-state index in [0.29, 0.717) is 36.9 Å². The van der Waals surface area contributed by atoms with E-state index in [4.69, 9.17) is 9.47 Å². The molecule has 2 aromatic carbocycles. The summed E-state index contributed by atoms with van der Waals surface area (Å²) in [5, 5.41) is 2.08. The van der Waals surface area contributed by atoms with Crippen molar-refractivity contribution in [3.63, 3.8) is 0 Å². The zero-order valence-corrected chi connectivity index (χ0v) is 22.9. The van der Waals surface area contributed by atoms with Crippen LogP contribution in [0.5, 0.6) is 11.5 Å². The molecule has 4 rings (SSSR count). The second-order valence-electron chi connectivity index (χ2n) is 9.64. The summed E-state index contributed by atoms with van der Waals surface area (Å²) >= 11 is 1.73. The van der Waals surface area contributed by atoms with E-state index >= 15 is 0 Å². The highest BCUT2D eigenvalue weighted by atomic mass is 32.1. The number of fused-ring (bicyclic) bond motifs is 1. The van der Waals surface area contributed by atoms with Crippen LogP contribution in [0.2, 0.25) is 0 Å². The van der Waals surface area contributed by atoms with E-state index in [1.807, 2.05) is 24.0 Å². The number of nitrogens with zero attached hydrogens (tertiary/aromatic N) is 2. The minimum Gasteiger partial charge on any atom is -0.497 e. The van der Waals surface area contributed by atoms with Gasteiger partial charge in [0.1, 0.15) is 24.7 Å². The normalized spacial score (nSPS) is 14.8. The standard InChI is InChI=1S/C30H36N2O4S/c1-5-16-31(30(34)23-8-10-24(35-4)11-9-23)19-29(33)32-17-14-28-26(15-18-37-28)27(32)20-36-25-12-6-22(7-13-25)21(2)3/h6-13,15,18,21,27H,5,14,16-17,19-20H2,1-4H3. The third-order valence-corrected chi connectivity index (χ3v) is 7.81. The van der Waals surface area contributed by atoms with Crippen molar-refractivity contribution in [2.45, 2.75) is 45.6 Å². The Hall–Kier alpha value is -3.32. The number of methoxy groups -OCH3 is 1. The number of amides is 2. The van der Waals surface area contributed by atoms with Gasteiger partial charge in [0.2, 0.25) is 5.91 Å². The molecule has 0 saturated heterocycles. The van der Waals surface area contributed by atoms with Crippen molar-refractivity contribution in [3.8, 4) is 11.5 Å². The molecule has 1 aromatic heterocycles. The van der Waals surface area contributed by atoms with Crippen LogP contribution in [-0.4, -0.2) is 55.0 Å². The lowest BCUT2D eigenvalue weighted by Crippen LogP contribution is -2.48. The highest BCUT2D eigenvalue weighted by Crippen LogP contribution is 2.34. The number of ether oxygens (including phenoxy) is 2. The van der Waals surface area contributed by atoms with Crippen LogP contribution in [0.1, 0.15) is 65.5 Å². The van der Waals surface area contributed by atoms with Crippen LogP contribution >= 0.6 is 11.3 Å². The van der Waals surface area contributed by atoms with Crippen LogP contribution in [0.3, 0.4) is 0 Å². The van der Waals surface area contributed by atoms with Crippen molar-refractivity contribution < 1.29 is 19.1 Å². The first-order valence-electron chi connectivity index (χ1n) is 12.9. The second kappa shape index (κ2) is 12.3. The van der Waals surface area contributed by atoms with E-state index in [1.54, 1.807) is 47.6 Å². The lowest BCUT2D eigenvalue weighted by atomic mass is 10.00. The Morgan fingerprint density at radius 3 is 2.41 bits per heavy atom. The minimum atomic E-state index is -0.188. The number of rotatable bonds is 10. The van der Waals surface area contributed by atoms with Crippen LogP contribution in [0.25, 0.3) is 0 Å². The summed E-state index contributed by atoms with van der Waals surface area (Å²) in [5.41, 5.74) is 2.96. The van der Waals surface area contributed by atoms with E-state index in [-0.39, 0.29) is 24.4 Å². The maximum Gasteiger partial charge on any atom is 0.254 e. The third-order valence-electron chi connectivity index (χ3n) is 6.81. The van der Waals surface area contributed by atoms with Gasteiger partial charge in [0.05, 0.1) is 13.2 Å². The molecule has 3 aromatic rings. The molecule has 0 saturated carbocycles. The SMILES string of the molecule is CCCN(CC(=O)N1CCc2sccc2C1COc1ccc(C(C)C)cc1)C(=O)c1ccc(OC)cc1. The van der Waals surface area contributed by atoms with Gasteiger partial charge in [-0.25, -0.2) is 0 Å². The molecule has 6 nitrogen and oxygen atoms in total. The fourth-order valence-electron chi connectivity index (χ4n) is 4.69. The van der Waals surface area contributed by atoms with Crippen molar-refractivity contribution in [2.24, 2.45) is 0 Å². The van der Waals surface area contributed by atoms with Gasteiger partial charge in [-0.1, -0.05) is 32.9 Å². The molecular formula is C30H36N2O4S. The Morgan fingerprint density at radius 2 is 1.76 bits per heavy atom. The van der Waals surface area contributed by atoms with Gasteiger partial charge in [-0.05, 0) is 77.7 Å². The number of benzene rings is 2. The van der Waals surface area contributed by atoms with Crippen LogP contribution < -0.4 is 9.47 Å². The van der Waals surface area contributed by atoms with Gasteiger partial charge in [0, 0.05) is 23.5 Å². The van der Waals surface area contributed by atoms with Gasteiger partial charge in [-0.3, -0.25) is 9.59 Å². The molecule has 1 atom stereocenters. The van der Waals surface area contributed by atoms with Gasteiger partial charge in [-0.2, -0.15) is 0 Å². The largest absolute Gasteiger partial charge is 0.497 e. The van der Waals surface area contributed by atoms with Gasteiger partial charge < -0.3 is 19.3 Å². The monoisotopic (exact) mass is 520 g/mol. The molecular weight excluding hydrogens is 484 g/mol. The average molecular weight is 521 g/mol. The fourth-order valence-corrected chi connectivity index (χ4v) is 5.62. The predicted octanol–water partition coefficient (Wildman–Crippen LogP) is 5.94. The first kappa shape index (κ1) is 26.7. The Morgan fingerprint density at radius 1 is 1.05 bits per heavy atom. The summed E-state index contributed by atoms with van der Waals surface area (Å²) in [4.78, 5) is 31.8. The molecule has 7 heteroatoms. The van der Waals surface area contributed by atoms with Crippen LogP contribution in [0.15, 0.2) is 60.0 Å². The quantitative estimate of drug-likeness (QED) is 0.332. The molecule has 0 bridgehead atoms. The summed E-state index contributed by atoms with van der Waals surface area (Å²) in [6.07, 6.45) is 1.58. The lowest BCUT2D eigenvalue weighted by molar-refractivity contribution is -0.135. The van der Waals surface area contributed by atoms with E-state index in [0.717, 1.165) is 24.2 Å². The van der Waals surface area contributed by atoms with Crippen molar-refractivity contribution in [2.75, 3.05) is 33.4 Å². The summed E-state index contributed by atoms with van der Waals surface area (Å²) in [6, 6.07) is 17.1. The zero-order valence-electron chi connectivity index (χ0n) is 22.1. The average Bonchev–Trinajstić information content (AvgIpc) is 3.40. The smallest absolute Gasteiger partial charge is 0.254 e. The maximum absolute atomic E-state index is 13.7. The Labute approximate surface area is 223 Å². The van der Waals surface area contributed by atoms with Gasteiger partial charge in [-0.15, -0.1) is 11.3 Å². The molecule has 0 radical (unpaired) electrons. The molecule has 37 heavy (non-hydrogen) atoms. The third kappa shape index (κ3) is 6.34. The molecule has 2 heterocycles. The number of carbonyl (C=O) groups is 2.